The van der Waals surface area contributed by atoms with E-state index in [1.807, 2.05) is 0 Å². The number of hydrogen-bond acceptors (Lipinski definition) is 12. The Morgan fingerprint density at radius 1 is 0.912 bits per heavy atom. The van der Waals surface area contributed by atoms with E-state index in [9.17, 15) is 40.5 Å². The summed E-state index contributed by atoms with van der Waals surface area (Å²) >= 11 is 0. The zero-order chi connectivity index (χ0) is 25.3. The first-order chi connectivity index (χ1) is 16.2. The maximum absolute atomic E-state index is 11.9. The maximum atomic E-state index is 11.9. The van der Waals surface area contributed by atoms with Crippen LogP contribution in [-0.2, 0) is 18.9 Å². The van der Waals surface area contributed by atoms with E-state index in [-0.39, 0.29) is 0 Å². The van der Waals surface area contributed by atoms with Gasteiger partial charge >= 0.3 is 6.09 Å². The highest BCUT2D eigenvalue weighted by Gasteiger charge is 2.58. The minimum Gasteiger partial charge on any atom is -0.447 e. The van der Waals surface area contributed by atoms with Gasteiger partial charge in [-0.25, -0.2) is 4.79 Å². The van der Waals surface area contributed by atoms with Gasteiger partial charge in [0.05, 0.1) is 6.61 Å². The van der Waals surface area contributed by atoms with Crippen LogP contribution in [0.4, 0.5) is 4.79 Å². The smallest absolute Gasteiger partial charge is 0.407 e. The lowest BCUT2D eigenvalue weighted by atomic mass is 9.99. The molecule has 2 aliphatic heterocycles. The first-order valence-corrected chi connectivity index (χ1v) is 11.7. The van der Waals surface area contributed by atoms with Gasteiger partial charge in [-0.1, -0.05) is 39.0 Å². The van der Waals surface area contributed by atoms with E-state index in [0.717, 1.165) is 32.1 Å². The van der Waals surface area contributed by atoms with E-state index in [2.05, 4.69) is 12.2 Å². The van der Waals surface area contributed by atoms with Crippen LogP contribution in [0.15, 0.2) is 0 Å². The largest absolute Gasteiger partial charge is 0.447 e. The van der Waals surface area contributed by atoms with Crippen LogP contribution in [0.1, 0.15) is 45.4 Å². The lowest BCUT2D eigenvalue weighted by molar-refractivity contribution is -0.383. The van der Waals surface area contributed by atoms with Crippen molar-refractivity contribution in [1.29, 1.82) is 0 Å². The highest BCUT2D eigenvalue weighted by Crippen LogP contribution is 2.36. The molecule has 0 aromatic rings. The molecule has 9 atom stereocenters. The van der Waals surface area contributed by atoms with Gasteiger partial charge in [0.25, 0.3) is 0 Å². The van der Waals surface area contributed by atoms with E-state index < -0.39 is 80.7 Å². The highest BCUT2D eigenvalue weighted by molar-refractivity contribution is 5.67. The molecule has 0 radical (unpaired) electrons. The van der Waals surface area contributed by atoms with Crippen molar-refractivity contribution in [3.63, 3.8) is 0 Å². The molecule has 0 bridgehead atoms. The van der Waals surface area contributed by atoms with E-state index in [4.69, 9.17) is 18.9 Å². The van der Waals surface area contributed by atoms with E-state index in [1.54, 1.807) is 0 Å². The van der Waals surface area contributed by atoms with Crippen molar-refractivity contribution < 1.29 is 59.5 Å². The molecule has 2 fully saturated rings. The second-order valence-electron chi connectivity index (χ2n) is 8.67. The zero-order valence-electron chi connectivity index (χ0n) is 19.4. The Morgan fingerprint density at radius 2 is 1.59 bits per heavy atom. The number of hydrogen-bond donors (Lipinski definition) is 8. The SMILES string of the molecule is CCCCCCCCNC(=O)OC[C@H]1O[C@@](CO)(O[C@H]2O[C@H](CO)[C@@H](O)[C@H](O)[C@H]2O)[C@@H](O)[C@@H]1O. The Balaban J connectivity index is 1.86. The number of aliphatic hydroxyl groups is 7. The van der Waals surface area contributed by atoms with Gasteiger partial charge < -0.3 is 60.0 Å². The van der Waals surface area contributed by atoms with Crippen molar-refractivity contribution in [3.8, 4) is 0 Å². The number of unbranched alkanes of at least 4 members (excludes halogenated alkanes) is 5. The third-order valence-corrected chi connectivity index (χ3v) is 6.07. The van der Waals surface area contributed by atoms with Gasteiger partial charge in [-0.15, -0.1) is 0 Å². The summed E-state index contributed by atoms with van der Waals surface area (Å²) in [5.74, 6) is -2.30. The fraction of sp³-hybridized carbons (Fsp3) is 0.952. The van der Waals surface area contributed by atoms with Crippen molar-refractivity contribution in [2.75, 3.05) is 26.4 Å². The Hall–Kier alpha value is -1.13. The number of amides is 1. The van der Waals surface area contributed by atoms with Crippen LogP contribution >= 0.6 is 0 Å². The normalized spacial score (nSPS) is 38.1. The lowest BCUT2D eigenvalue weighted by Gasteiger charge is -2.43. The molecular formula is C21H39NO12. The van der Waals surface area contributed by atoms with Crippen LogP contribution in [0.5, 0.6) is 0 Å². The molecule has 2 heterocycles. The van der Waals surface area contributed by atoms with Gasteiger partial charge in [0.15, 0.2) is 6.29 Å². The van der Waals surface area contributed by atoms with Crippen molar-refractivity contribution >= 4 is 6.09 Å². The molecule has 13 nitrogen and oxygen atoms in total. The second kappa shape index (κ2) is 13.8. The molecule has 0 unspecified atom stereocenters. The average Bonchev–Trinajstić information content (AvgIpc) is 3.07. The fourth-order valence-electron chi connectivity index (χ4n) is 3.92. The van der Waals surface area contributed by atoms with Gasteiger partial charge in [-0.05, 0) is 6.42 Å². The number of nitrogens with one attached hydrogen (secondary N) is 1. The van der Waals surface area contributed by atoms with Crippen LogP contribution in [0.2, 0.25) is 0 Å². The maximum Gasteiger partial charge on any atom is 0.407 e. The van der Waals surface area contributed by atoms with Crippen molar-refractivity contribution in [2.45, 2.75) is 100 Å². The van der Waals surface area contributed by atoms with Gasteiger partial charge in [-0.3, -0.25) is 0 Å². The Bertz CT molecular complexity index is 610. The molecule has 0 spiro atoms. The summed E-state index contributed by atoms with van der Waals surface area (Å²) in [5, 5.41) is 72.4. The Labute approximate surface area is 198 Å². The van der Waals surface area contributed by atoms with Crippen LogP contribution in [0.3, 0.4) is 0 Å². The average molecular weight is 498 g/mol. The quantitative estimate of drug-likeness (QED) is 0.126. The third-order valence-electron chi connectivity index (χ3n) is 6.07. The van der Waals surface area contributed by atoms with E-state index in [0.29, 0.717) is 6.54 Å². The molecule has 0 saturated carbocycles. The molecule has 34 heavy (non-hydrogen) atoms. The molecule has 1 amide bonds. The minimum absolute atomic E-state index is 0.419. The molecule has 2 aliphatic rings. The number of alkyl carbamates (subject to hydrolysis) is 1. The predicted molar refractivity (Wildman–Crippen MR) is 114 cm³/mol. The monoisotopic (exact) mass is 497 g/mol. The summed E-state index contributed by atoms with van der Waals surface area (Å²) < 4.78 is 21.1. The van der Waals surface area contributed by atoms with Crippen molar-refractivity contribution in [1.82, 2.24) is 5.32 Å². The molecule has 8 N–H and O–H groups in total. The minimum atomic E-state index is -2.30. The number of ether oxygens (including phenoxy) is 4. The van der Waals surface area contributed by atoms with Crippen LogP contribution in [0.25, 0.3) is 0 Å². The zero-order valence-corrected chi connectivity index (χ0v) is 19.4. The van der Waals surface area contributed by atoms with Gasteiger partial charge in [0.2, 0.25) is 5.79 Å². The fourth-order valence-corrected chi connectivity index (χ4v) is 3.92. The molecule has 2 saturated heterocycles. The van der Waals surface area contributed by atoms with Gasteiger partial charge in [0, 0.05) is 6.54 Å². The van der Waals surface area contributed by atoms with Crippen LogP contribution < -0.4 is 5.32 Å². The number of carbonyl (C=O) groups excluding carboxylic acids is 1. The van der Waals surface area contributed by atoms with E-state index >= 15 is 0 Å². The Morgan fingerprint density at radius 3 is 2.24 bits per heavy atom. The molecule has 200 valence electrons. The van der Waals surface area contributed by atoms with Crippen molar-refractivity contribution in [3.05, 3.63) is 0 Å². The van der Waals surface area contributed by atoms with E-state index in [1.165, 1.54) is 6.42 Å². The predicted octanol–water partition coefficient (Wildman–Crippen LogP) is -2.30. The van der Waals surface area contributed by atoms with Gasteiger partial charge in [-0.2, -0.15) is 0 Å². The summed E-state index contributed by atoms with van der Waals surface area (Å²) in [4.78, 5) is 11.9. The van der Waals surface area contributed by atoms with Crippen LogP contribution in [-0.4, -0.2) is 123 Å². The molecule has 13 heteroatoms. The lowest BCUT2D eigenvalue weighted by Crippen LogP contribution is -2.62. The van der Waals surface area contributed by atoms with Crippen LogP contribution in [0, 0.1) is 0 Å². The van der Waals surface area contributed by atoms with Gasteiger partial charge in [0.1, 0.15) is 55.9 Å². The first kappa shape index (κ1) is 29.1. The number of carbonyl (C=O) groups is 1. The highest BCUT2D eigenvalue weighted by atomic mass is 16.8. The molecule has 0 aliphatic carbocycles. The second-order valence-corrected chi connectivity index (χ2v) is 8.67. The standard InChI is InChI=1S/C21H39NO12/c1-2-3-4-5-6-7-8-22-20(30)31-10-13-15(26)18(29)21(11-24,33-13)34-19-17(28)16(27)14(25)12(9-23)32-19/h12-19,23-29H,2-11H2,1H3,(H,22,30)/t12-,13-,14-,15-,16+,17-,18+,19-,21+/m1/s1. The Kier molecular flexibility index (Phi) is 11.8. The summed E-state index contributed by atoms with van der Waals surface area (Å²) in [6.07, 6.45) is -7.41. The summed E-state index contributed by atoms with van der Waals surface area (Å²) in [7, 11) is 0. The number of aliphatic hydroxyl groups excluding tert-OH is 7. The molecule has 0 aromatic heterocycles. The molecular weight excluding hydrogens is 458 g/mol. The summed E-state index contributed by atoms with van der Waals surface area (Å²) in [6.45, 7) is 0.366. The third kappa shape index (κ3) is 7.20. The summed E-state index contributed by atoms with van der Waals surface area (Å²) in [6, 6.07) is 0. The first-order valence-electron chi connectivity index (χ1n) is 11.7. The molecule has 2 rings (SSSR count). The molecule has 0 aromatic carbocycles. The van der Waals surface area contributed by atoms with Crippen molar-refractivity contribution in [2.24, 2.45) is 0 Å². The number of rotatable bonds is 13. The summed E-state index contributed by atoms with van der Waals surface area (Å²) in [5.41, 5.74) is 0. The topological polar surface area (TPSA) is 208 Å².